The molecule has 0 aromatic carbocycles. The maximum atomic E-state index is 12.0. The van der Waals surface area contributed by atoms with Crippen LogP contribution in [0.4, 0.5) is 0 Å². The maximum Gasteiger partial charge on any atom is 0.266 e. The lowest BCUT2D eigenvalue weighted by Crippen LogP contribution is -2.20. The van der Waals surface area contributed by atoms with E-state index >= 15 is 0 Å². The third-order valence-corrected chi connectivity index (χ3v) is 4.45. The van der Waals surface area contributed by atoms with Crippen molar-refractivity contribution in [2.24, 2.45) is 0 Å². The Labute approximate surface area is 107 Å². The minimum Gasteiger partial charge on any atom is -0.325 e. The van der Waals surface area contributed by atoms with E-state index < -0.39 is 0 Å². The van der Waals surface area contributed by atoms with Crippen LogP contribution in [0.25, 0.3) is 0 Å². The van der Waals surface area contributed by atoms with Crippen molar-refractivity contribution in [3.8, 4) is 6.07 Å². The van der Waals surface area contributed by atoms with Gasteiger partial charge in [-0.3, -0.25) is 4.79 Å². The van der Waals surface area contributed by atoms with Crippen molar-refractivity contribution in [3.05, 3.63) is 32.7 Å². The molecule has 0 spiro atoms. The largest absolute Gasteiger partial charge is 0.325 e. The standard InChI is InChI=1S/C15H18N2O/c16-9-13-11-7-4-8-12(11)14(17-15(13)18)10-5-2-1-3-6-10/h10H,1-8H2,(H,17,18). The van der Waals surface area contributed by atoms with Crippen LogP contribution in [-0.2, 0) is 12.8 Å². The lowest BCUT2D eigenvalue weighted by molar-refractivity contribution is 0.434. The Morgan fingerprint density at radius 1 is 1.06 bits per heavy atom. The number of nitrogens with zero attached hydrogens (tertiary/aromatic N) is 1. The number of H-pyrrole nitrogens is 1. The van der Waals surface area contributed by atoms with Crippen LogP contribution in [0.3, 0.4) is 0 Å². The van der Waals surface area contributed by atoms with Crippen LogP contribution >= 0.6 is 0 Å². The number of rotatable bonds is 1. The molecule has 18 heavy (non-hydrogen) atoms. The molecule has 94 valence electrons. The van der Waals surface area contributed by atoms with E-state index in [-0.39, 0.29) is 5.56 Å². The molecular weight excluding hydrogens is 224 g/mol. The molecule has 0 aliphatic heterocycles. The highest BCUT2D eigenvalue weighted by molar-refractivity contribution is 5.46. The third kappa shape index (κ3) is 1.77. The van der Waals surface area contributed by atoms with Crippen LogP contribution in [-0.4, -0.2) is 4.98 Å². The number of hydrogen-bond acceptors (Lipinski definition) is 2. The number of nitrogens with one attached hydrogen (secondary N) is 1. The molecule has 1 saturated carbocycles. The minimum atomic E-state index is -0.168. The van der Waals surface area contributed by atoms with E-state index in [1.807, 2.05) is 0 Å². The fourth-order valence-corrected chi connectivity index (χ4v) is 3.57. The monoisotopic (exact) mass is 242 g/mol. The molecular formula is C15H18N2O. The molecule has 1 aromatic heterocycles. The molecule has 2 aliphatic rings. The molecule has 1 N–H and O–H groups in total. The zero-order valence-electron chi connectivity index (χ0n) is 10.6. The van der Waals surface area contributed by atoms with E-state index in [1.165, 1.54) is 37.7 Å². The van der Waals surface area contributed by atoms with Crippen LogP contribution in [0.2, 0.25) is 0 Å². The molecule has 3 nitrogen and oxygen atoms in total. The van der Waals surface area contributed by atoms with E-state index in [9.17, 15) is 4.79 Å². The Kier molecular flexibility index (Phi) is 2.95. The predicted molar refractivity (Wildman–Crippen MR) is 69.6 cm³/mol. The summed E-state index contributed by atoms with van der Waals surface area (Å²) in [7, 11) is 0. The van der Waals surface area contributed by atoms with Crippen molar-refractivity contribution in [3.63, 3.8) is 0 Å². The first kappa shape index (κ1) is 11.5. The van der Waals surface area contributed by atoms with E-state index in [4.69, 9.17) is 5.26 Å². The molecule has 1 aromatic rings. The van der Waals surface area contributed by atoms with Gasteiger partial charge in [0.05, 0.1) is 0 Å². The zero-order chi connectivity index (χ0) is 12.5. The van der Waals surface area contributed by atoms with Gasteiger partial charge < -0.3 is 4.98 Å². The highest BCUT2D eigenvalue weighted by Gasteiger charge is 2.26. The Morgan fingerprint density at radius 3 is 2.50 bits per heavy atom. The molecule has 3 heteroatoms. The normalized spacial score (nSPS) is 19.5. The number of aromatic nitrogens is 1. The average molecular weight is 242 g/mol. The summed E-state index contributed by atoms with van der Waals surface area (Å²) >= 11 is 0. The van der Waals surface area contributed by atoms with Crippen LogP contribution in [0.15, 0.2) is 4.79 Å². The molecule has 0 saturated heterocycles. The number of pyridine rings is 1. The fourth-order valence-electron chi connectivity index (χ4n) is 3.57. The Morgan fingerprint density at radius 2 is 1.78 bits per heavy atom. The number of nitriles is 1. The number of aromatic amines is 1. The van der Waals surface area contributed by atoms with Crippen LogP contribution < -0.4 is 5.56 Å². The third-order valence-electron chi connectivity index (χ3n) is 4.45. The van der Waals surface area contributed by atoms with Gasteiger partial charge in [0, 0.05) is 5.69 Å². The van der Waals surface area contributed by atoms with Gasteiger partial charge in [-0.05, 0) is 49.1 Å². The minimum absolute atomic E-state index is 0.168. The Bertz CT molecular complexity index is 559. The first-order valence-electron chi connectivity index (χ1n) is 6.99. The highest BCUT2D eigenvalue weighted by Crippen LogP contribution is 2.36. The molecule has 0 amide bonds. The number of hydrogen-bond donors (Lipinski definition) is 1. The number of fused-ring (bicyclic) bond motifs is 1. The summed E-state index contributed by atoms with van der Waals surface area (Å²) in [6.45, 7) is 0. The van der Waals surface area contributed by atoms with E-state index in [1.54, 1.807) is 0 Å². The summed E-state index contributed by atoms with van der Waals surface area (Å²) in [5, 5.41) is 9.11. The van der Waals surface area contributed by atoms with Crippen molar-refractivity contribution >= 4 is 0 Å². The van der Waals surface area contributed by atoms with Crippen LogP contribution in [0, 0.1) is 11.3 Å². The van der Waals surface area contributed by atoms with Crippen molar-refractivity contribution in [2.45, 2.75) is 57.3 Å². The van der Waals surface area contributed by atoms with Gasteiger partial charge >= 0.3 is 0 Å². The van der Waals surface area contributed by atoms with Crippen LogP contribution in [0.5, 0.6) is 0 Å². The molecule has 0 radical (unpaired) electrons. The average Bonchev–Trinajstić information content (AvgIpc) is 2.88. The molecule has 1 fully saturated rings. The maximum absolute atomic E-state index is 12.0. The second-order valence-corrected chi connectivity index (χ2v) is 5.50. The molecule has 0 unspecified atom stereocenters. The van der Waals surface area contributed by atoms with Gasteiger partial charge in [-0.2, -0.15) is 5.26 Å². The second-order valence-electron chi connectivity index (χ2n) is 5.50. The van der Waals surface area contributed by atoms with Crippen molar-refractivity contribution in [1.29, 1.82) is 5.26 Å². The zero-order valence-corrected chi connectivity index (χ0v) is 10.6. The smallest absolute Gasteiger partial charge is 0.266 e. The molecule has 1 heterocycles. The van der Waals surface area contributed by atoms with Gasteiger partial charge in [0.15, 0.2) is 0 Å². The Hall–Kier alpha value is -1.56. The SMILES string of the molecule is N#Cc1c2c(c(C3CCCCC3)[nH]c1=O)CCC2. The lowest BCUT2D eigenvalue weighted by atomic mass is 9.84. The molecule has 2 aliphatic carbocycles. The predicted octanol–water partition coefficient (Wildman–Crippen LogP) is 2.78. The van der Waals surface area contributed by atoms with E-state index in [0.29, 0.717) is 11.5 Å². The van der Waals surface area contributed by atoms with E-state index in [0.717, 1.165) is 30.5 Å². The summed E-state index contributed by atoms with van der Waals surface area (Å²) in [4.78, 5) is 15.0. The highest BCUT2D eigenvalue weighted by atomic mass is 16.1. The summed E-state index contributed by atoms with van der Waals surface area (Å²) in [5.74, 6) is 0.519. The van der Waals surface area contributed by atoms with Gasteiger partial charge in [0.25, 0.3) is 5.56 Å². The molecule has 3 rings (SSSR count). The second kappa shape index (κ2) is 4.61. The van der Waals surface area contributed by atoms with E-state index in [2.05, 4.69) is 11.1 Å². The van der Waals surface area contributed by atoms with Gasteiger partial charge in [-0.1, -0.05) is 19.3 Å². The van der Waals surface area contributed by atoms with Gasteiger partial charge in [0.1, 0.15) is 11.6 Å². The van der Waals surface area contributed by atoms with Crippen molar-refractivity contribution in [2.75, 3.05) is 0 Å². The van der Waals surface area contributed by atoms with Gasteiger partial charge in [0.2, 0.25) is 0 Å². The van der Waals surface area contributed by atoms with Crippen molar-refractivity contribution in [1.82, 2.24) is 4.98 Å². The molecule has 0 atom stereocenters. The quantitative estimate of drug-likeness (QED) is 0.823. The molecule has 0 bridgehead atoms. The fraction of sp³-hybridized carbons (Fsp3) is 0.600. The van der Waals surface area contributed by atoms with Gasteiger partial charge in [-0.25, -0.2) is 0 Å². The topological polar surface area (TPSA) is 56.6 Å². The first-order chi connectivity index (χ1) is 8.81. The lowest BCUT2D eigenvalue weighted by Gasteiger charge is -2.24. The summed E-state index contributed by atoms with van der Waals surface area (Å²) in [6.07, 6.45) is 9.25. The van der Waals surface area contributed by atoms with Gasteiger partial charge in [-0.15, -0.1) is 0 Å². The summed E-state index contributed by atoms with van der Waals surface area (Å²) < 4.78 is 0. The summed E-state index contributed by atoms with van der Waals surface area (Å²) in [6, 6.07) is 2.08. The van der Waals surface area contributed by atoms with Crippen molar-refractivity contribution < 1.29 is 0 Å². The first-order valence-corrected chi connectivity index (χ1v) is 6.99. The Balaban J connectivity index is 2.11. The summed E-state index contributed by atoms with van der Waals surface area (Å²) in [5.41, 5.74) is 3.69. The van der Waals surface area contributed by atoms with Crippen LogP contribution in [0.1, 0.15) is 66.8 Å².